The average Bonchev–Trinajstić information content (AvgIpc) is 2.94. The number of esters is 1. The van der Waals surface area contributed by atoms with Crippen LogP contribution in [-0.4, -0.2) is 50.1 Å². The largest absolute Gasteiger partial charge is 0.482 e. The molecule has 1 fully saturated rings. The summed E-state index contributed by atoms with van der Waals surface area (Å²) in [6, 6.07) is 6.22. The number of hydrogen-bond acceptors (Lipinski definition) is 5. The normalized spacial score (nSPS) is 18.6. The topological polar surface area (TPSA) is 76.7 Å². The standard InChI is InChI=1S/C17H22F2N2O4/c1-2-24-15(22)10-25-13-5-3-12(4-6-13)7-8-20-16(23)14-9-17(18,19)11-21-14/h3-6,14,21H,2,7-11H2,1H3,(H,20,23). The molecule has 0 radical (unpaired) electrons. The van der Waals surface area contributed by atoms with Crippen molar-refractivity contribution in [3.05, 3.63) is 29.8 Å². The molecule has 2 rings (SSSR count). The molecule has 138 valence electrons. The molecule has 2 N–H and O–H groups in total. The van der Waals surface area contributed by atoms with Crippen LogP contribution in [0.25, 0.3) is 0 Å². The third-order valence-electron chi connectivity index (χ3n) is 3.72. The molecule has 0 bridgehead atoms. The van der Waals surface area contributed by atoms with Gasteiger partial charge in [-0.3, -0.25) is 10.1 Å². The minimum Gasteiger partial charge on any atom is -0.482 e. The van der Waals surface area contributed by atoms with Crippen LogP contribution in [0.2, 0.25) is 0 Å². The molecule has 0 saturated carbocycles. The van der Waals surface area contributed by atoms with Crippen LogP contribution in [0.1, 0.15) is 18.9 Å². The van der Waals surface area contributed by atoms with Crippen molar-refractivity contribution >= 4 is 11.9 Å². The Morgan fingerprint density at radius 3 is 2.64 bits per heavy atom. The van der Waals surface area contributed by atoms with E-state index in [1.54, 1.807) is 19.1 Å². The van der Waals surface area contributed by atoms with Crippen LogP contribution < -0.4 is 15.4 Å². The van der Waals surface area contributed by atoms with Crippen LogP contribution in [0.3, 0.4) is 0 Å². The van der Waals surface area contributed by atoms with Crippen molar-refractivity contribution in [3.8, 4) is 5.75 Å². The van der Waals surface area contributed by atoms with Gasteiger partial charge in [0.05, 0.1) is 19.2 Å². The number of benzene rings is 1. The van der Waals surface area contributed by atoms with Crippen LogP contribution in [0.4, 0.5) is 8.78 Å². The van der Waals surface area contributed by atoms with Crippen molar-refractivity contribution in [2.24, 2.45) is 0 Å². The minimum absolute atomic E-state index is 0.151. The van der Waals surface area contributed by atoms with Crippen molar-refractivity contribution < 1.29 is 27.8 Å². The van der Waals surface area contributed by atoms with E-state index in [-0.39, 0.29) is 6.61 Å². The van der Waals surface area contributed by atoms with Gasteiger partial charge in [0.15, 0.2) is 6.61 Å². The third kappa shape index (κ3) is 6.30. The summed E-state index contributed by atoms with van der Waals surface area (Å²) in [5.41, 5.74) is 0.952. The first-order valence-electron chi connectivity index (χ1n) is 8.16. The van der Waals surface area contributed by atoms with E-state index in [4.69, 9.17) is 9.47 Å². The number of halogens is 2. The number of ether oxygens (including phenoxy) is 2. The molecule has 1 aromatic carbocycles. The van der Waals surface area contributed by atoms with Gasteiger partial charge in [0, 0.05) is 13.0 Å². The highest BCUT2D eigenvalue weighted by Crippen LogP contribution is 2.25. The summed E-state index contributed by atoms with van der Waals surface area (Å²) in [6.07, 6.45) is 0.0956. The number of carbonyl (C=O) groups excluding carboxylic acids is 2. The van der Waals surface area contributed by atoms with Gasteiger partial charge in [0.2, 0.25) is 5.91 Å². The molecule has 25 heavy (non-hydrogen) atoms. The Balaban J connectivity index is 1.69. The Morgan fingerprint density at radius 1 is 1.32 bits per heavy atom. The summed E-state index contributed by atoms with van der Waals surface area (Å²) in [7, 11) is 0. The molecular formula is C17H22F2N2O4. The Kier molecular flexibility index (Phi) is 6.69. The number of carbonyl (C=O) groups is 2. The zero-order chi connectivity index (χ0) is 18.3. The van der Waals surface area contributed by atoms with Gasteiger partial charge in [-0.25, -0.2) is 13.6 Å². The van der Waals surface area contributed by atoms with Gasteiger partial charge >= 0.3 is 5.97 Å². The monoisotopic (exact) mass is 356 g/mol. The Labute approximate surface area is 144 Å². The summed E-state index contributed by atoms with van der Waals surface area (Å²) in [5.74, 6) is -3.12. The molecule has 1 unspecified atom stereocenters. The van der Waals surface area contributed by atoms with E-state index in [2.05, 4.69) is 10.6 Å². The number of nitrogens with one attached hydrogen (secondary N) is 2. The predicted molar refractivity (Wildman–Crippen MR) is 86.6 cm³/mol. The fraction of sp³-hybridized carbons (Fsp3) is 0.529. The maximum absolute atomic E-state index is 13.1. The second-order valence-corrected chi connectivity index (χ2v) is 5.77. The average molecular weight is 356 g/mol. The molecule has 1 saturated heterocycles. The Bertz CT molecular complexity index is 593. The number of rotatable bonds is 8. The summed E-state index contributed by atoms with van der Waals surface area (Å²) in [6.45, 7) is 1.77. The SMILES string of the molecule is CCOC(=O)COc1ccc(CCNC(=O)C2CC(F)(F)CN2)cc1. The van der Waals surface area contributed by atoms with Crippen molar-refractivity contribution in [1.29, 1.82) is 0 Å². The zero-order valence-electron chi connectivity index (χ0n) is 14.0. The highest BCUT2D eigenvalue weighted by molar-refractivity contribution is 5.82. The second kappa shape index (κ2) is 8.75. The molecule has 6 nitrogen and oxygen atoms in total. The summed E-state index contributed by atoms with van der Waals surface area (Å²) >= 11 is 0. The maximum atomic E-state index is 13.1. The van der Waals surface area contributed by atoms with Gasteiger partial charge in [0.1, 0.15) is 5.75 Å². The third-order valence-corrected chi connectivity index (χ3v) is 3.72. The molecule has 1 heterocycles. The quantitative estimate of drug-likeness (QED) is 0.687. The minimum atomic E-state index is -2.82. The highest BCUT2D eigenvalue weighted by atomic mass is 19.3. The smallest absolute Gasteiger partial charge is 0.344 e. The van der Waals surface area contributed by atoms with Crippen LogP contribution in [0.15, 0.2) is 24.3 Å². The van der Waals surface area contributed by atoms with E-state index in [0.29, 0.717) is 25.3 Å². The molecule has 1 atom stereocenters. The van der Waals surface area contributed by atoms with Gasteiger partial charge in [0.25, 0.3) is 5.92 Å². The second-order valence-electron chi connectivity index (χ2n) is 5.77. The number of amides is 1. The van der Waals surface area contributed by atoms with Gasteiger partial charge in [-0.1, -0.05) is 12.1 Å². The van der Waals surface area contributed by atoms with E-state index in [9.17, 15) is 18.4 Å². The van der Waals surface area contributed by atoms with Crippen molar-refractivity contribution in [3.63, 3.8) is 0 Å². The summed E-state index contributed by atoms with van der Waals surface area (Å²) < 4.78 is 36.1. The zero-order valence-corrected chi connectivity index (χ0v) is 14.0. The van der Waals surface area contributed by atoms with Gasteiger partial charge < -0.3 is 14.8 Å². The summed E-state index contributed by atoms with van der Waals surface area (Å²) in [5, 5.41) is 5.17. The van der Waals surface area contributed by atoms with E-state index in [0.717, 1.165) is 5.56 Å². The van der Waals surface area contributed by atoms with Crippen LogP contribution in [-0.2, 0) is 20.7 Å². The lowest BCUT2D eigenvalue weighted by molar-refractivity contribution is -0.145. The van der Waals surface area contributed by atoms with E-state index >= 15 is 0 Å². The molecule has 0 spiro atoms. The molecule has 1 aromatic rings. The lowest BCUT2D eigenvalue weighted by atomic mass is 10.1. The molecular weight excluding hydrogens is 334 g/mol. The van der Waals surface area contributed by atoms with Crippen molar-refractivity contribution in [2.75, 3.05) is 26.3 Å². The highest BCUT2D eigenvalue weighted by Gasteiger charge is 2.42. The molecule has 1 aliphatic heterocycles. The Morgan fingerprint density at radius 2 is 2.04 bits per heavy atom. The lowest BCUT2D eigenvalue weighted by Crippen LogP contribution is -2.41. The van der Waals surface area contributed by atoms with Gasteiger partial charge in [-0.15, -0.1) is 0 Å². The van der Waals surface area contributed by atoms with Crippen molar-refractivity contribution in [2.45, 2.75) is 31.7 Å². The molecule has 1 aliphatic rings. The lowest BCUT2D eigenvalue weighted by Gasteiger charge is -2.11. The Hall–Kier alpha value is -2.22. The first-order valence-corrected chi connectivity index (χ1v) is 8.16. The van der Waals surface area contributed by atoms with Crippen LogP contribution in [0.5, 0.6) is 5.75 Å². The van der Waals surface area contributed by atoms with E-state index in [1.165, 1.54) is 0 Å². The fourth-order valence-corrected chi connectivity index (χ4v) is 2.45. The molecule has 0 aliphatic carbocycles. The van der Waals surface area contributed by atoms with Crippen LogP contribution >= 0.6 is 0 Å². The molecule has 8 heteroatoms. The van der Waals surface area contributed by atoms with Crippen molar-refractivity contribution in [1.82, 2.24) is 10.6 Å². The van der Waals surface area contributed by atoms with Crippen LogP contribution in [0, 0.1) is 0 Å². The number of alkyl halides is 2. The predicted octanol–water partition coefficient (Wildman–Crippen LogP) is 1.28. The van der Waals surface area contributed by atoms with E-state index < -0.39 is 36.8 Å². The van der Waals surface area contributed by atoms with Gasteiger partial charge in [-0.2, -0.15) is 0 Å². The maximum Gasteiger partial charge on any atom is 0.344 e. The summed E-state index contributed by atoms with van der Waals surface area (Å²) in [4.78, 5) is 23.0. The van der Waals surface area contributed by atoms with Gasteiger partial charge in [-0.05, 0) is 31.0 Å². The fourth-order valence-electron chi connectivity index (χ4n) is 2.45. The number of hydrogen-bond donors (Lipinski definition) is 2. The first kappa shape index (κ1) is 19.1. The first-order chi connectivity index (χ1) is 11.9. The molecule has 1 amide bonds. The molecule has 0 aromatic heterocycles. The van der Waals surface area contributed by atoms with E-state index in [1.807, 2.05) is 12.1 Å².